The number of rotatable bonds is 3. The maximum absolute atomic E-state index is 11.8. The zero-order chi connectivity index (χ0) is 11.5. The Morgan fingerprint density at radius 1 is 1.62 bits per heavy atom. The van der Waals surface area contributed by atoms with E-state index in [1.54, 1.807) is 25.4 Å². The predicted molar refractivity (Wildman–Crippen MR) is 63.2 cm³/mol. The monoisotopic (exact) mass is 284 g/mol. The van der Waals surface area contributed by atoms with Gasteiger partial charge in [-0.05, 0) is 40.9 Å². The summed E-state index contributed by atoms with van der Waals surface area (Å²) >= 11 is 3.30. The van der Waals surface area contributed by atoms with E-state index in [-0.39, 0.29) is 18.1 Å². The number of nitrogens with zero attached hydrogens (tertiary/aromatic N) is 1. The van der Waals surface area contributed by atoms with Crippen molar-refractivity contribution in [1.29, 1.82) is 0 Å². The summed E-state index contributed by atoms with van der Waals surface area (Å²) in [5.74, 6) is -0.132. The second kappa shape index (κ2) is 4.93. The van der Waals surface area contributed by atoms with Crippen LogP contribution < -0.4 is 5.32 Å². The number of aromatic nitrogens is 1. The molecular weight excluding hydrogens is 272 g/mol. The normalized spacial score (nSPS) is 23.6. The second-order valence-electron chi connectivity index (χ2n) is 3.83. The SMILES string of the molecule is COC1CC(NC(=O)c2ncccc2Br)C1. The highest BCUT2D eigenvalue weighted by Gasteiger charge is 2.30. The topological polar surface area (TPSA) is 51.2 Å². The van der Waals surface area contributed by atoms with E-state index in [0.717, 1.165) is 17.3 Å². The number of carbonyl (C=O) groups is 1. The lowest BCUT2D eigenvalue weighted by molar-refractivity contribution is 0.0175. The molecule has 1 N–H and O–H groups in total. The summed E-state index contributed by atoms with van der Waals surface area (Å²) in [6.45, 7) is 0. The average molecular weight is 285 g/mol. The van der Waals surface area contributed by atoms with E-state index < -0.39 is 0 Å². The summed E-state index contributed by atoms with van der Waals surface area (Å²) in [5, 5.41) is 2.93. The number of amides is 1. The molecule has 1 amide bonds. The van der Waals surface area contributed by atoms with Gasteiger partial charge in [-0.1, -0.05) is 0 Å². The number of ether oxygens (including phenoxy) is 1. The number of hydrogen-bond donors (Lipinski definition) is 1. The molecule has 5 heteroatoms. The summed E-state index contributed by atoms with van der Waals surface area (Å²) in [4.78, 5) is 15.9. The van der Waals surface area contributed by atoms with Crippen LogP contribution in [0.3, 0.4) is 0 Å². The minimum atomic E-state index is -0.132. The molecule has 0 unspecified atom stereocenters. The Morgan fingerprint density at radius 2 is 2.38 bits per heavy atom. The number of halogens is 1. The lowest BCUT2D eigenvalue weighted by atomic mass is 9.89. The van der Waals surface area contributed by atoms with Crippen molar-refractivity contribution in [2.75, 3.05) is 7.11 Å². The summed E-state index contributed by atoms with van der Waals surface area (Å²) in [7, 11) is 1.69. The third-order valence-electron chi connectivity index (χ3n) is 2.74. The molecule has 0 bridgehead atoms. The van der Waals surface area contributed by atoms with E-state index in [2.05, 4.69) is 26.2 Å². The first kappa shape index (κ1) is 11.5. The quantitative estimate of drug-likeness (QED) is 0.920. The second-order valence-corrected chi connectivity index (χ2v) is 4.69. The lowest BCUT2D eigenvalue weighted by Gasteiger charge is -2.34. The maximum Gasteiger partial charge on any atom is 0.271 e. The molecule has 1 saturated carbocycles. The van der Waals surface area contributed by atoms with Crippen LogP contribution in [-0.4, -0.2) is 30.1 Å². The molecular formula is C11H13BrN2O2. The Hall–Kier alpha value is -0.940. The maximum atomic E-state index is 11.8. The first-order valence-electron chi connectivity index (χ1n) is 5.15. The van der Waals surface area contributed by atoms with Gasteiger partial charge in [0, 0.05) is 23.8 Å². The van der Waals surface area contributed by atoms with Crippen molar-refractivity contribution in [2.45, 2.75) is 25.0 Å². The zero-order valence-electron chi connectivity index (χ0n) is 8.94. The summed E-state index contributed by atoms with van der Waals surface area (Å²) < 4.78 is 5.87. The number of hydrogen-bond acceptors (Lipinski definition) is 3. The highest BCUT2D eigenvalue weighted by molar-refractivity contribution is 9.10. The Morgan fingerprint density at radius 3 is 3.00 bits per heavy atom. The molecule has 16 heavy (non-hydrogen) atoms. The number of carbonyl (C=O) groups excluding carboxylic acids is 1. The van der Waals surface area contributed by atoms with Gasteiger partial charge in [0.1, 0.15) is 5.69 Å². The number of pyridine rings is 1. The molecule has 86 valence electrons. The molecule has 1 fully saturated rings. The minimum Gasteiger partial charge on any atom is -0.381 e. The van der Waals surface area contributed by atoms with E-state index in [9.17, 15) is 4.79 Å². The molecule has 1 heterocycles. The zero-order valence-corrected chi connectivity index (χ0v) is 10.5. The molecule has 4 nitrogen and oxygen atoms in total. The van der Waals surface area contributed by atoms with Crippen LogP contribution in [-0.2, 0) is 4.74 Å². The lowest BCUT2D eigenvalue weighted by Crippen LogP contribution is -2.47. The van der Waals surface area contributed by atoms with Gasteiger partial charge in [0.05, 0.1) is 6.10 Å². The van der Waals surface area contributed by atoms with Crippen LogP contribution in [0.25, 0.3) is 0 Å². The van der Waals surface area contributed by atoms with Crippen molar-refractivity contribution >= 4 is 21.8 Å². The van der Waals surface area contributed by atoms with Crippen molar-refractivity contribution < 1.29 is 9.53 Å². The standard InChI is InChI=1S/C11H13BrN2O2/c1-16-8-5-7(6-8)14-11(15)10-9(12)3-2-4-13-10/h2-4,7-8H,5-6H2,1H3,(H,14,15). The molecule has 1 aliphatic rings. The van der Waals surface area contributed by atoms with Crippen LogP contribution in [0.15, 0.2) is 22.8 Å². The van der Waals surface area contributed by atoms with Gasteiger partial charge < -0.3 is 10.1 Å². The van der Waals surface area contributed by atoms with E-state index in [1.165, 1.54) is 0 Å². The van der Waals surface area contributed by atoms with Crippen LogP contribution >= 0.6 is 15.9 Å². The molecule has 0 spiro atoms. The molecule has 2 rings (SSSR count). The largest absolute Gasteiger partial charge is 0.381 e. The molecule has 1 aromatic heterocycles. The van der Waals surface area contributed by atoms with Gasteiger partial charge in [-0.3, -0.25) is 4.79 Å². The Labute approximate surface area is 103 Å². The fourth-order valence-electron chi connectivity index (χ4n) is 1.68. The summed E-state index contributed by atoms with van der Waals surface area (Å²) in [6.07, 6.45) is 3.66. The Kier molecular flexibility index (Phi) is 3.56. The van der Waals surface area contributed by atoms with Crippen molar-refractivity contribution in [3.05, 3.63) is 28.5 Å². The van der Waals surface area contributed by atoms with E-state index >= 15 is 0 Å². The van der Waals surface area contributed by atoms with Crippen molar-refractivity contribution in [2.24, 2.45) is 0 Å². The predicted octanol–water partition coefficient (Wildman–Crippen LogP) is 1.75. The van der Waals surface area contributed by atoms with Crippen LogP contribution in [0.1, 0.15) is 23.3 Å². The number of methoxy groups -OCH3 is 1. The third kappa shape index (κ3) is 2.41. The first-order chi connectivity index (χ1) is 7.70. The van der Waals surface area contributed by atoms with Crippen LogP contribution in [0.2, 0.25) is 0 Å². The van der Waals surface area contributed by atoms with Gasteiger partial charge >= 0.3 is 0 Å². The highest BCUT2D eigenvalue weighted by Crippen LogP contribution is 2.23. The van der Waals surface area contributed by atoms with Gasteiger partial charge in [-0.2, -0.15) is 0 Å². The average Bonchev–Trinajstić information content (AvgIpc) is 2.23. The van der Waals surface area contributed by atoms with Gasteiger partial charge in [0.2, 0.25) is 0 Å². The van der Waals surface area contributed by atoms with Crippen molar-refractivity contribution in [3.63, 3.8) is 0 Å². The van der Waals surface area contributed by atoms with Gasteiger partial charge in [0.25, 0.3) is 5.91 Å². The number of nitrogens with one attached hydrogen (secondary N) is 1. The van der Waals surface area contributed by atoms with Gasteiger partial charge in [-0.15, -0.1) is 0 Å². The van der Waals surface area contributed by atoms with Crippen LogP contribution in [0, 0.1) is 0 Å². The van der Waals surface area contributed by atoms with E-state index in [1.807, 2.05) is 0 Å². The summed E-state index contributed by atoms with van der Waals surface area (Å²) in [5.41, 5.74) is 0.434. The van der Waals surface area contributed by atoms with Crippen LogP contribution in [0.5, 0.6) is 0 Å². The third-order valence-corrected chi connectivity index (χ3v) is 3.38. The molecule has 0 radical (unpaired) electrons. The van der Waals surface area contributed by atoms with Gasteiger partial charge in [0.15, 0.2) is 0 Å². The Balaban J connectivity index is 1.92. The van der Waals surface area contributed by atoms with E-state index in [4.69, 9.17) is 4.74 Å². The van der Waals surface area contributed by atoms with E-state index in [0.29, 0.717) is 5.69 Å². The molecule has 0 atom stereocenters. The molecule has 0 aliphatic heterocycles. The molecule has 1 aromatic rings. The fraction of sp³-hybridized carbons (Fsp3) is 0.455. The highest BCUT2D eigenvalue weighted by atomic mass is 79.9. The molecule has 0 saturated heterocycles. The first-order valence-corrected chi connectivity index (χ1v) is 5.94. The van der Waals surface area contributed by atoms with Crippen molar-refractivity contribution in [1.82, 2.24) is 10.3 Å². The Bertz CT molecular complexity index is 391. The fourth-order valence-corrected chi connectivity index (χ4v) is 2.12. The molecule has 0 aromatic carbocycles. The van der Waals surface area contributed by atoms with Crippen molar-refractivity contribution in [3.8, 4) is 0 Å². The summed E-state index contributed by atoms with van der Waals surface area (Å²) in [6, 6.07) is 3.80. The minimum absolute atomic E-state index is 0.132. The molecule has 1 aliphatic carbocycles. The van der Waals surface area contributed by atoms with Gasteiger partial charge in [-0.25, -0.2) is 4.98 Å². The smallest absolute Gasteiger partial charge is 0.271 e. The van der Waals surface area contributed by atoms with Crippen LogP contribution in [0.4, 0.5) is 0 Å².